The third kappa shape index (κ3) is 2.89. The van der Waals surface area contributed by atoms with Crippen molar-refractivity contribution in [1.29, 1.82) is 0 Å². The van der Waals surface area contributed by atoms with Crippen LogP contribution in [0.4, 0.5) is 0 Å². The second-order valence-corrected chi connectivity index (χ2v) is 4.09. The summed E-state index contributed by atoms with van der Waals surface area (Å²) < 4.78 is 0.584. The van der Waals surface area contributed by atoms with Crippen LogP contribution in [0, 0.1) is 0 Å². The molecule has 0 aliphatic carbocycles. The van der Waals surface area contributed by atoms with E-state index in [9.17, 15) is 0 Å². The Morgan fingerprint density at radius 2 is 2.17 bits per heavy atom. The number of hydrogen-bond acceptors (Lipinski definition) is 4. The van der Waals surface area contributed by atoms with E-state index in [-0.39, 0.29) is 0 Å². The molecule has 2 nitrogen and oxygen atoms in total. The van der Waals surface area contributed by atoms with Crippen LogP contribution in [0.3, 0.4) is 0 Å². The number of nitrogens with zero attached hydrogens (tertiary/aromatic N) is 1. The molecule has 0 aromatic carbocycles. The fraction of sp³-hybridized carbons (Fsp3) is 0.250. The molecule has 1 heterocycles. The van der Waals surface area contributed by atoms with Crippen molar-refractivity contribution in [2.24, 2.45) is 0 Å². The molecule has 0 aliphatic heterocycles. The smallest absolute Gasteiger partial charge is 0.0925 e. The van der Waals surface area contributed by atoms with E-state index >= 15 is 0 Å². The van der Waals surface area contributed by atoms with E-state index in [0.717, 1.165) is 4.90 Å². The Morgan fingerprint density at radius 1 is 1.58 bits per heavy atom. The lowest BCUT2D eigenvalue weighted by atomic mass is 10.5. The van der Waals surface area contributed by atoms with Crippen LogP contribution in [0.1, 0.15) is 6.92 Å². The molecule has 1 N–H and O–H groups in total. The summed E-state index contributed by atoms with van der Waals surface area (Å²) >= 11 is 6.35. The van der Waals surface area contributed by atoms with Gasteiger partial charge in [-0.3, -0.25) is 4.98 Å². The fourth-order valence-electron chi connectivity index (χ4n) is 0.608. The van der Waals surface area contributed by atoms with E-state index in [0.29, 0.717) is 4.20 Å². The summed E-state index contributed by atoms with van der Waals surface area (Å²) in [5, 5.41) is 9.10. The van der Waals surface area contributed by atoms with Gasteiger partial charge >= 0.3 is 0 Å². The number of aliphatic hydroxyl groups is 1. The van der Waals surface area contributed by atoms with Crippen molar-refractivity contribution < 1.29 is 5.11 Å². The molecule has 0 spiro atoms. The van der Waals surface area contributed by atoms with Crippen molar-refractivity contribution >= 4 is 28.2 Å². The second-order valence-electron chi connectivity index (χ2n) is 2.28. The van der Waals surface area contributed by atoms with Gasteiger partial charge in [-0.05, 0) is 19.1 Å². The van der Waals surface area contributed by atoms with Gasteiger partial charge in [0.1, 0.15) is 0 Å². The van der Waals surface area contributed by atoms with E-state index < -0.39 is 6.10 Å². The molecule has 1 unspecified atom stereocenters. The Bertz CT molecular complexity index is 261. The van der Waals surface area contributed by atoms with Crippen molar-refractivity contribution in [3.63, 3.8) is 0 Å². The first-order valence-corrected chi connectivity index (χ1v) is 4.72. The summed E-state index contributed by atoms with van der Waals surface area (Å²) in [6, 6.07) is 3.72. The van der Waals surface area contributed by atoms with Crippen LogP contribution in [0.25, 0.3) is 0 Å². The van der Waals surface area contributed by atoms with Crippen LogP contribution in [0.15, 0.2) is 29.4 Å². The van der Waals surface area contributed by atoms with Gasteiger partial charge in [0.2, 0.25) is 0 Å². The summed E-state index contributed by atoms with van der Waals surface area (Å²) in [7, 11) is 0. The minimum absolute atomic E-state index is 0.543. The van der Waals surface area contributed by atoms with Gasteiger partial charge in [-0.2, -0.15) is 0 Å². The van der Waals surface area contributed by atoms with Gasteiger partial charge in [0.05, 0.1) is 10.3 Å². The zero-order valence-electron chi connectivity index (χ0n) is 6.60. The Labute approximate surface area is 81.0 Å². The van der Waals surface area contributed by atoms with Gasteiger partial charge in [-0.15, -0.1) is 0 Å². The molecule has 12 heavy (non-hydrogen) atoms. The fourth-order valence-corrected chi connectivity index (χ4v) is 1.56. The molecule has 1 rings (SSSR count). The summed E-state index contributed by atoms with van der Waals surface area (Å²) in [6.07, 6.45) is 2.86. The number of thiocarbonyl (C=S) groups is 1. The Hall–Kier alpha value is -0.450. The number of aliphatic hydroxyl groups excluding tert-OH is 1. The topological polar surface area (TPSA) is 33.1 Å². The molecule has 4 heteroatoms. The molecular formula is C8H9NOS2. The lowest BCUT2D eigenvalue weighted by molar-refractivity contribution is 0.268. The average Bonchev–Trinajstić information content (AvgIpc) is 2.06. The van der Waals surface area contributed by atoms with Gasteiger partial charge < -0.3 is 5.11 Å². The standard InChI is InChI=1S/C8H9NOS2/c1-6(10)8(11)12-7-2-4-9-5-3-7/h2-6,10H,1H3. The maximum absolute atomic E-state index is 9.10. The normalized spacial score (nSPS) is 12.5. The molecule has 0 bridgehead atoms. The maximum Gasteiger partial charge on any atom is 0.0925 e. The summed E-state index contributed by atoms with van der Waals surface area (Å²) in [5.74, 6) is 0. The minimum atomic E-state index is -0.543. The summed E-state index contributed by atoms with van der Waals surface area (Å²) in [4.78, 5) is 4.89. The zero-order chi connectivity index (χ0) is 8.97. The summed E-state index contributed by atoms with van der Waals surface area (Å²) in [5.41, 5.74) is 0. The Morgan fingerprint density at radius 3 is 2.67 bits per heavy atom. The first-order valence-electron chi connectivity index (χ1n) is 3.50. The van der Waals surface area contributed by atoms with Gasteiger partial charge in [-0.1, -0.05) is 24.0 Å². The van der Waals surface area contributed by atoms with Crippen molar-refractivity contribution in [2.75, 3.05) is 0 Å². The predicted octanol–water partition coefficient (Wildman–Crippen LogP) is 1.88. The van der Waals surface area contributed by atoms with Crippen LogP contribution in [-0.2, 0) is 0 Å². The van der Waals surface area contributed by atoms with Crippen LogP contribution < -0.4 is 0 Å². The molecule has 1 aromatic rings. The van der Waals surface area contributed by atoms with Crippen molar-refractivity contribution in [3.8, 4) is 0 Å². The van der Waals surface area contributed by atoms with E-state index in [4.69, 9.17) is 17.3 Å². The molecule has 0 fully saturated rings. The first kappa shape index (κ1) is 9.64. The zero-order valence-corrected chi connectivity index (χ0v) is 8.23. The molecule has 1 atom stereocenters. The maximum atomic E-state index is 9.10. The van der Waals surface area contributed by atoms with E-state index in [1.54, 1.807) is 19.3 Å². The monoisotopic (exact) mass is 199 g/mol. The second kappa shape index (κ2) is 4.54. The number of pyridine rings is 1. The highest BCUT2D eigenvalue weighted by Crippen LogP contribution is 2.19. The average molecular weight is 199 g/mol. The number of thioether (sulfide) groups is 1. The largest absolute Gasteiger partial charge is 0.387 e. The Kier molecular flexibility index (Phi) is 3.65. The molecule has 0 aliphatic rings. The van der Waals surface area contributed by atoms with E-state index in [1.807, 2.05) is 12.1 Å². The van der Waals surface area contributed by atoms with Crippen molar-refractivity contribution in [2.45, 2.75) is 17.9 Å². The molecule has 64 valence electrons. The number of rotatable bonds is 2. The van der Waals surface area contributed by atoms with Crippen LogP contribution in [-0.4, -0.2) is 20.4 Å². The van der Waals surface area contributed by atoms with Crippen LogP contribution in [0.5, 0.6) is 0 Å². The minimum Gasteiger partial charge on any atom is -0.387 e. The number of aromatic nitrogens is 1. The lowest BCUT2D eigenvalue weighted by Crippen LogP contribution is -2.08. The highest BCUT2D eigenvalue weighted by molar-refractivity contribution is 8.23. The third-order valence-electron chi connectivity index (χ3n) is 1.21. The quantitative estimate of drug-likeness (QED) is 0.582. The van der Waals surface area contributed by atoms with Gasteiger partial charge in [-0.25, -0.2) is 0 Å². The highest BCUT2D eigenvalue weighted by atomic mass is 32.2. The first-order chi connectivity index (χ1) is 5.70. The van der Waals surface area contributed by atoms with Crippen molar-refractivity contribution in [1.82, 2.24) is 4.98 Å². The van der Waals surface area contributed by atoms with Crippen molar-refractivity contribution in [3.05, 3.63) is 24.5 Å². The van der Waals surface area contributed by atoms with Crippen LogP contribution in [0.2, 0.25) is 0 Å². The lowest BCUT2D eigenvalue weighted by Gasteiger charge is -2.04. The molecule has 0 amide bonds. The third-order valence-corrected chi connectivity index (χ3v) is 2.85. The van der Waals surface area contributed by atoms with E-state index in [2.05, 4.69) is 4.98 Å². The molecule has 0 radical (unpaired) electrons. The molecule has 0 saturated heterocycles. The summed E-state index contributed by atoms with van der Waals surface area (Å²) in [6.45, 7) is 1.66. The predicted molar refractivity (Wildman–Crippen MR) is 54.4 cm³/mol. The SMILES string of the molecule is CC(O)C(=S)Sc1ccncc1. The molecule has 1 aromatic heterocycles. The Balaban J connectivity index is 2.59. The van der Waals surface area contributed by atoms with Gasteiger partial charge in [0, 0.05) is 17.3 Å². The number of hydrogen-bond donors (Lipinski definition) is 1. The van der Waals surface area contributed by atoms with Gasteiger partial charge in [0.25, 0.3) is 0 Å². The molecular weight excluding hydrogens is 190 g/mol. The van der Waals surface area contributed by atoms with Crippen LogP contribution >= 0.6 is 24.0 Å². The highest BCUT2D eigenvalue weighted by Gasteiger charge is 2.05. The van der Waals surface area contributed by atoms with Gasteiger partial charge in [0.15, 0.2) is 0 Å². The van der Waals surface area contributed by atoms with E-state index in [1.165, 1.54) is 11.8 Å². The molecule has 0 saturated carbocycles.